The molecule has 1 aromatic carbocycles. The fourth-order valence-electron chi connectivity index (χ4n) is 1.04. The van der Waals surface area contributed by atoms with Crippen molar-refractivity contribution < 1.29 is 17.9 Å². The Morgan fingerprint density at radius 2 is 1.82 bits per heavy atom. The Hall–Kier alpha value is -1.50. The third kappa shape index (κ3) is 4.10. The third-order valence-corrected chi connectivity index (χ3v) is 2.42. The molecule has 0 aliphatic rings. The first kappa shape index (κ1) is 13.6. The number of allylic oxidation sites excluding steroid dienone is 1. The summed E-state index contributed by atoms with van der Waals surface area (Å²) in [5.41, 5.74) is 5.70. The van der Waals surface area contributed by atoms with E-state index >= 15 is 0 Å². The van der Waals surface area contributed by atoms with Crippen molar-refractivity contribution in [2.45, 2.75) is 6.36 Å². The number of hydrogen-bond donors (Lipinski definition) is 2. The molecule has 0 fully saturated rings. The molecule has 0 bridgehead atoms. The van der Waals surface area contributed by atoms with Crippen molar-refractivity contribution in [2.75, 3.05) is 0 Å². The number of halogens is 4. The quantitative estimate of drug-likeness (QED) is 0.843. The monoisotopic (exact) mass is 308 g/mol. The minimum Gasteiger partial charge on any atom is -0.406 e. The molecule has 0 radical (unpaired) electrons. The molecular formula is C10H8BrF3N2O. The van der Waals surface area contributed by atoms with Gasteiger partial charge in [0.15, 0.2) is 0 Å². The van der Waals surface area contributed by atoms with Crippen molar-refractivity contribution in [3.63, 3.8) is 0 Å². The largest absolute Gasteiger partial charge is 0.573 e. The van der Waals surface area contributed by atoms with Crippen molar-refractivity contribution in [2.24, 2.45) is 5.73 Å². The van der Waals surface area contributed by atoms with Crippen LogP contribution in [0.25, 0.3) is 0 Å². The lowest BCUT2D eigenvalue weighted by atomic mass is 10.1. The summed E-state index contributed by atoms with van der Waals surface area (Å²) in [7, 11) is 0. The first-order valence-corrected chi connectivity index (χ1v) is 5.15. The van der Waals surface area contributed by atoms with Crippen LogP contribution in [0.15, 0.2) is 34.9 Å². The second-order valence-electron chi connectivity index (χ2n) is 2.96. The molecule has 92 valence electrons. The fraction of sp³-hybridized carbons (Fsp3) is 0.100. The minimum absolute atomic E-state index is 0.0751. The lowest BCUT2D eigenvalue weighted by Crippen LogP contribution is -2.17. The van der Waals surface area contributed by atoms with E-state index < -0.39 is 6.36 Å². The smallest absolute Gasteiger partial charge is 0.406 e. The van der Waals surface area contributed by atoms with Crippen molar-refractivity contribution >= 4 is 21.6 Å². The number of hydrogen-bond acceptors (Lipinski definition) is 3. The van der Waals surface area contributed by atoms with Crippen molar-refractivity contribution in [1.29, 1.82) is 5.41 Å². The molecule has 0 saturated heterocycles. The Morgan fingerprint density at radius 1 is 1.29 bits per heavy atom. The van der Waals surface area contributed by atoms with Crippen LogP contribution in [-0.4, -0.2) is 12.1 Å². The average molecular weight is 309 g/mol. The zero-order valence-electron chi connectivity index (χ0n) is 8.38. The van der Waals surface area contributed by atoms with E-state index in [4.69, 9.17) is 11.1 Å². The number of nitrogens with two attached hydrogens (primary N) is 1. The molecule has 0 amide bonds. The van der Waals surface area contributed by atoms with Gasteiger partial charge >= 0.3 is 6.36 Å². The minimum atomic E-state index is -4.72. The van der Waals surface area contributed by atoms with Gasteiger partial charge in [-0.3, -0.25) is 5.41 Å². The van der Waals surface area contributed by atoms with Gasteiger partial charge in [-0.1, -0.05) is 0 Å². The van der Waals surface area contributed by atoms with E-state index in [-0.39, 0.29) is 11.5 Å². The van der Waals surface area contributed by atoms with Crippen LogP contribution in [0.3, 0.4) is 0 Å². The summed E-state index contributed by atoms with van der Waals surface area (Å²) in [6, 6.07) is 4.95. The van der Waals surface area contributed by atoms with Crippen LogP contribution >= 0.6 is 15.9 Å². The zero-order chi connectivity index (χ0) is 13.1. The van der Waals surface area contributed by atoms with Crippen LogP contribution in [0.1, 0.15) is 5.56 Å². The molecule has 0 spiro atoms. The van der Waals surface area contributed by atoms with Crippen LogP contribution in [0.2, 0.25) is 0 Å². The molecule has 1 aromatic rings. The Kier molecular flexibility index (Phi) is 4.17. The highest BCUT2D eigenvalue weighted by Gasteiger charge is 2.30. The molecule has 3 N–H and O–H groups in total. The number of nitrogens with one attached hydrogen (secondary N) is 1. The van der Waals surface area contributed by atoms with Gasteiger partial charge in [0.1, 0.15) is 5.75 Å². The summed E-state index contributed by atoms with van der Waals surface area (Å²) < 4.78 is 39.7. The van der Waals surface area contributed by atoms with E-state index in [9.17, 15) is 13.2 Å². The SMILES string of the molecule is N=C(/C(Br)=C\N)c1ccc(OC(F)(F)F)cc1. The van der Waals surface area contributed by atoms with Gasteiger partial charge in [-0.05, 0) is 40.2 Å². The maximum Gasteiger partial charge on any atom is 0.573 e. The average Bonchev–Trinajstić information content (AvgIpc) is 2.26. The maximum absolute atomic E-state index is 11.9. The van der Waals surface area contributed by atoms with Gasteiger partial charge < -0.3 is 10.5 Å². The number of alkyl halides is 3. The Labute approximate surface area is 104 Å². The third-order valence-electron chi connectivity index (χ3n) is 1.76. The van der Waals surface area contributed by atoms with Crippen LogP contribution < -0.4 is 10.5 Å². The highest BCUT2D eigenvalue weighted by atomic mass is 79.9. The van der Waals surface area contributed by atoms with Crippen molar-refractivity contribution in [1.82, 2.24) is 0 Å². The fourth-order valence-corrected chi connectivity index (χ4v) is 1.27. The highest BCUT2D eigenvalue weighted by Crippen LogP contribution is 2.23. The zero-order valence-corrected chi connectivity index (χ0v) is 9.97. The van der Waals surface area contributed by atoms with Crippen LogP contribution in [0, 0.1) is 5.41 Å². The summed E-state index contributed by atoms with van der Waals surface area (Å²) in [5.74, 6) is -0.332. The van der Waals surface area contributed by atoms with E-state index in [0.717, 1.165) is 12.1 Å². The van der Waals surface area contributed by atoms with E-state index in [2.05, 4.69) is 20.7 Å². The number of benzene rings is 1. The van der Waals surface area contributed by atoms with Gasteiger partial charge in [0, 0.05) is 11.8 Å². The predicted molar refractivity (Wildman–Crippen MR) is 61.2 cm³/mol. The topological polar surface area (TPSA) is 59.1 Å². The molecule has 0 aliphatic carbocycles. The number of rotatable bonds is 3. The first-order chi connectivity index (χ1) is 7.83. The second kappa shape index (κ2) is 5.22. The van der Waals surface area contributed by atoms with Gasteiger partial charge in [-0.2, -0.15) is 0 Å². The molecule has 0 aromatic heterocycles. The molecule has 0 heterocycles. The molecular weight excluding hydrogens is 301 g/mol. The Morgan fingerprint density at radius 3 is 2.24 bits per heavy atom. The van der Waals surface area contributed by atoms with Crippen molar-refractivity contribution in [3.8, 4) is 5.75 Å². The lowest BCUT2D eigenvalue weighted by molar-refractivity contribution is -0.274. The van der Waals surface area contributed by atoms with E-state index in [1.165, 1.54) is 18.3 Å². The van der Waals surface area contributed by atoms with E-state index in [1.54, 1.807) is 0 Å². The Bertz CT molecular complexity index is 440. The van der Waals surface area contributed by atoms with E-state index in [1.807, 2.05) is 0 Å². The molecule has 0 aliphatic heterocycles. The standard InChI is InChI=1S/C10H8BrF3N2O/c11-8(5-15)9(16)6-1-3-7(4-2-6)17-10(12,13)14/h1-5,16H,15H2/b8-5+,16-9?. The molecule has 1 rings (SSSR count). The normalized spacial score (nSPS) is 12.4. The molecule has 0 unspecified atom stereocenters. The summed E-state index contributed by atoms with van der Waals surface area (Å²) >= 11 is 3.05. The molecule has 0 saturated carbocycles. The second-order valence-corrected chi connectivity index (χ2v) is 3.82. The Balaban J connectivity index is 2.85. The predicted octanol–water partition coefficient (Wildman–Crippen LogP) is 3.15. The number of ether oxygens (including phenoxy) is 1. The van der Waals surface area contributed by atoms with Gasteiger partial charge in [0.2, 0.25) is 0 Å². The van der Waals surface area contributed by atoms with E-state index in [0.29, 0.717) is 10.0 Å². The summed E-state index contributed by atoms with van der Waals surface area (Å²) in [6.07, 6.45) is -3.53. The first-order valence-electron chi connectivity index (χ1n) is 4.36. The molecule has 17 heavy (non-hydrogen) atoms. The molecule has 0 atom stereocenters. The van der Waals surface area contributed by atoms with Gasteiger partial charge in [-0.15, -0.1) is 13.2 Å². The summed E-state index contributed by atoms with van der Waals surface area (Å²) in [5, 5.41) is 7.63. The lowest BCUT2D eigenvalue weighted by Gasteiger charge is -2.09. The maximum atomic E-state index is 11.9. The molecule has 3 nitrogen and oxygen atoms in total. The van der Waals surface area contributed by atoms with Gasteiger partial charge in [-0.25, -0.2) is 0 Å². The van der Waals surface area contributed by atoms with Crippen LogP contribution in [-0.2, 0) is 0 Å². The molecule has 7 heteroatoms. The summed E-state index contributed by atoms with van der Waals surface area (Å²) in [4.78, 5) is 0. The van der Waals surface area contributed by atoms with Crippen molar-refractivity contribution in [3.05, 3.63) is 40.5 Å². The van der Waals surface area contributed by atoms with Gasteiger partial charge in [0.05, 0.1) is 10.2 Å². The summed E-state index contributed by atoms with van der Waals surface area (Å²) in [6.45, 7) is 0. The van der Waals surface area contributed by atoms with Crippen LogP contribution in [0.5, 0.6) is 5.75 Å². The van der Waals surface area contributed by atoms with Gasteiger partial charge in [0.25, 0.3) is 0 Å². The highest BCUT2D eigenvalue weighted by molar-refractivity contribution is 9.12. The van der Waals surface area contributed by atoms with Crippen LogP contribution in [0.4, 0.5) is 13.2 Å².